The average Bonchev–Trinajstić information content (AvgIpc) is 3.12. The molecule has 5 rings (SSSR count). The summed E-state index contributed by atoms with van der Waals surface area (Å²) in [7, 11) is 0. The van der Waals surface area contributed by atoms with Gasteiger partial charge in [0.15, 0.2) is 0 Å². The minimum atomic E-state index is -0.0408. The quantitative estimate of drug-likeness (QED) is 0.552. The first kappa shape index (κ1) is 19.0. The number of aromatic amines is 1. The number of hydrogen-bond donors (Lipinski definition) is 2. The van der Waals surface area contributed by atoms with E-state index in [-0.39, 0.29) is 11.6 Å². The van der Waals surface area contributed by atoms with Gasteiger partial charge in [-0.2, -0.15) is 0 Å². The van der Waals surface area contributed by atoms with Crippen LogP contribution < -0.4 is 10.9 Å². The number of hydrogen-bond acceptors (Lipinski definition) is 4. The molecule has 30 heavy (non-hydrogen) atoms. The third-order valence-corrected chi connectivity index (χ3v) is 6.08. The number of aromatic nitrogens is 3. The third-order valence-electron chi connectivity index (χ3n) is 6.08. The zero-order valence-electron chi connectivity index (χ0n) is 17.4. The molecule has 1 aliphatic heterocycles. The maximum atomic E-state index is 13.5. The molecule has 1 unspecified atom stereocenters. The molecule has 0 aliphatic carbocycles. The number of nitrogens with one attached hydrogen (secondary N) is 2. The molecule has 0 spiro atoms. The van der Waals surface area contributed by atoms with Crippen LogP contribution in [0.3, 0.4) is 0 Å². The highest BCUT2D eigenvalue weighted by Crippen LogP contribution is 2.25. The van der Waals surface area contributed by atoms with Crippen molar-refractivity contribution < 1.29 is 0 Å². The first-order valence-corrected chi connectivity index (χ1v) is 10.7. The molecule has 0 bridgehead atoms. The van der Waals surface area contributed by atoms with Crippen molar-refractivity contribution in [3.63, 3.8) is 0 Å². The summed E-state index contributed by atoms with van der Waals surface area (Å²) in [4.78, 5) is 20.9. The number of rotatable bonds is 4. The lowest BCUT2D eigenvalue weighted by Gasteiger charge is -2.36. The van der Waals surface area contributed by atoms with Crippen molar-refractivity contribution in [2.24, 2.45) is 0 Å². The first-order chi connectivity index (χ1) is 14.6. The Balaban J connectivity index is 1.65. The van der Waals surface area contributed by atoms with Gasteiger partial charge in [0, 0.05) is 43.5 Å². The van der Waals surface area contributed by atoms with E-state index < -0.39 is 0 Å². The minimum Gasteiger partial charge on any atom is -0.311 e. The SMILES string of the molecule is CC(C)N1CCNC(Cc2nc3ccccc3c3[nH]n(-c4ccccc4)c(=O)c23)C1. The van der Waals surface area contributed by atoms with Gasteiger partial charge in [0.1, 0.15) is 0 Å². The van der Waals surface area contributed by atoms with Crippen molar-refractivity contribution in [3.8, 4) is 5.69 Å². The maximum absolute atomic E-state index is 13.5. The summed E-state index contributed by atoms with van der Waals surface area (Å²) in [5.74, 6) is 0. The van der Waals surface area contributed by atoms with Gasteiger partial charge in [0.25, 0.3) is 5.56 Å². The molecule has 1 aliphatic rings. The number of H-pyrrole nitrogens is 1. The molecule has 0 radical (unpaired) electrons. The Labute approximate surface area is 175 Å². The van der Waals surface area contributed by atoms with Crippen LogP contribution in [0.5, 0.6) is 0 Å². The highest BCUT2D eigenvalue weighted by Gasteiger charge is 2.24. The van der Waals surface area contributed by atoms with E-state index in [0.717, 1.165) is 53.9 Å². The number of benzene rings is 2. The molecule has 0 amide bonds. The van der Waals surface area contributed by atoms with E-state index in [0.29, 0.717) is 11.4 Å². The van der Waals surface area contributed by atoms with Crippen molar-refractivity contribution in [1.82, 2.24) is 25.0 Å². The molecule has 154 valence electrons. The van der Waals surface area contributed by atoms with E-state index in [1.165, 1.54) is 0 Å². The largest absolute Gasteiger partial charge is 0.311 e. The van der Waals surface area contributed by atoms with E-state index in [1.54, 1.807) is 4.68 Å². The molecule has 2 aromatic heterocycles. The van der Waals surface area contributed by atoms with Crippen molar-refractivity contribution in [1.29, 1.82) is 0 Å². The molecule has 4 aromatic rings. The van der Waals surface area contributed by atoms with Crippen LogP contribution in [0.1, 0.15) is 19.5 Å². The standard InChI is InChI=1S/C24H27N5O/c1-16(2)28-13-12-25-17(15-28)14-21-22-23(19-10-6-7-11-20(19)26-21)27-29(24(22)30)18-8-4-3-5-9-18/h3-11,16-17,25,27H,12-15H2,1-2H3. The fraction of sp³-hybridized carbons (Fsp3) is 0.333. The van der Waals surface area contributed by atoms with Crippen molar-refractivity contribution in [3.05, 3.63) is 70.6 Å². The molecule has 6 heteroatoms. The van der Waals surface area contributed by atoms with Crippen LogP contribution in [0.15, 0.2) is 59.4 Å². The second-order valence-electron chi connectivity index (χ2n) is 8.36. The second kappa shape index (κ2) is 7.70. The monoisotopic (exact) mass is 401 g/mol. The Hall–Kier alpha value is -2.96. The predicted octanol–water partition coefficient (Wildman–Crippen LogP) is 3.09. The summed E-state index contributed by atoms with van der Waals surface area (Å²) in [6.07, 6.45) is 0.729. The maximum Gasteiger partial charge on any atom is 0.280 e. The van der Waals surface area contributed by atoms with Gasteiger partial charge < -0.3 is 5.32 Å². The zero-order chi connectivity index (χ0) is 20.7. The molecule has 2 aromatic carbocycles. The van der Waals surface area contributed by atoms with E-state index >= 15 is 0 Å². The fourth-order valence-electron chi connectivity index (χ4n) is 4.48. The Morgan fingerprint density at radius 2 is 1.87 bits per heavy atom. The molecule has 6 nitrogen and oxygen atoms in total. The Kier molecular flexibility index (Phi) is 4.89. The van der Waals surface area contributed by atoms with E-state index in [2.05, 4.69) is 29.2 Å². The molecule has 2 N–H and O–H groups in total. The third kappa shape index (κ3) is 3.32. The lowest BCUT2D eigenvalue weighted by molar-refractivity contribution is 0.161. The summed E-state index contributed by atoms with van der Waals surface area (Å²) in [5.41, 5.74) is 3.43. The van der Waals surface area contributed by atoms with Gasteiger partial charge in [0.2, 0.25) is 0 Å². The lowest BCUT2D eigenvalue weighted by Crippen LogP contribution is -2.53. The summed E-state index contributed by atoms with van der Waals surface area (Å²) in [5, 5.41) is 8.65. The van der Waals surface area contributed by atoms with Gasteiger partial charge in [-0.05, 0) is 32.0 Å². The van der Waals surface area contributed by atoms with Crippen LogP contribution in [0.4, 0.5) is 0 Å². The minimum absolute atomic E-state index is 0.0408. The van der Waals surface area contributed by atoms with Crippen LogP contribution in [0.2, 0.25) is 0 Å². The van der Waals surface area contributed by atoms with Gasteiger partial charge in [0.05, 0.1) is 27.8 Å². The number of nitrogens with zero attached hydrogens (tertiary/aromatic N) is 3. The van der Waals surface area contributed by atoms with E-state index in [4.69, 9.17) is 4.98 Å². The van der Waals surface area contributed by atoms with Gasteiger partial charge in [-0.25, -0.2) is 4.68 Å². The topological polar surface area (TPSA) is 66.0 Å². The number of fused-ring (bicyclic) bond motifs is 3. The van der Waals surface area contributed by atoms with Gasteiger partial charge in [-0.3, -0.25) is 19.8 Å². The first-order valence-electron chi connectivity index (χ1n) is 10.7. The van der Waals surface area contributed by atoms with Gasteiger partial charge in [-0.1, -0.05) is 36.4 Å². The molecule has 0 saturated carbocycles. The van der Waals surface area contributed by atoms with Crippen LogP contribution in [-0.2, 0) is 6.42 Å². The number of para-hydroxylation sites is 2. The average molecular weight is 402 g/mol. The molecule has 1 atom stereocenters. The fourth-order valence-corrected chi connectivity index (χ4v) is 4.48. The number of pyridine rings is 1. The summed E-state index contributed by atoms with van der Waals surface area (Å²) >= 11 is 0. The van der Waals surface area contributed by atoms with Crippen molar-refractivity contribution >= 4 is 21.8 Å². The van der Waals surface area contributed by atoms with Crippen LogP contribution in [0, 0.1) is 0 Å². The summed E-state index contributed by atoms with van der Waals surface area (Å²) < 4.78 is 1.64. The lowest BCUT2D eigenvalue weighted by atomic mass is 10.0. The van der Waals surface area contributed by atoms with E-state index in [1.807, 2.05) is 54.6 Å². The highest BCUT2D eigenvalue weighted by molar-refractivity contribution is 6.04. The van der Waals surface area contributed by atoms with Crippen molar-refractivity contribution in [2.75, 3.05) is 19.6 Å². The normalized spacial score (nSPS) is 17.9. The highest BCUT2D eigenvalue weighted by atomic mass is 16.1. The van der Waals surface area contributed by atoms with Crippen LogP contribution in [0.25, 0.3) is 27.5 Å². The molecular formula is C24H27N5O. The number of piperazine rings is 1. The molecule has 1 fully saturated rings. The summed E-state index contributed by atoms with van der Waals surface area (Å²) in [6, 6.07) is 18.5. The van der Waals surface area contributed by atoms with Crippen LogP contribution in [-0.4, -0.2) is 51.4 Å². The van der Waals surface area contributed by atoms with Crippen molar-refractivity contribution in [2.45, 2.75) is 32.4 Å². The van der Waals surface area contributed by atoms with Gasteiger partial charge >= 0.3 is 0 Å². The van der Waals surface area contributed by atoms with E-state index in [9.17, 15) is 4.79 Å². The Morgan fingerprint density at radius 1 is 1.10 bits per heavy atom. The zero-order valence-corrected chi connectivity index (χ0v) is 17.4. The van der Waals surface area contributed by atoms with Crippen LogP contribution >= 0.6 is 0 Å². The Bertz CT molecular complexity index is 1240. The molecule has 1 saturated heterocycles. The molecular weight excluding hydrogens is 374 g/mol. The second-order valence-corrected chi connectivity index (χ2v) is 8.36. The van der Waals surface area contributed by atoms with Gasteiger partial charge in [-0.15, -0.1) is 0 Å². The molecule has 3 heterocycles. The predicted molar refractivity (Wildman–Crippen MR) is 121 cm³/mol. The smallest absolute Gasteiger partial charge is 0.280 e. The summed E-state index contributed by atoms with van der Waals surface area (Å²) in [6.45, 7) is 7.45. The Morgan fingerprint density at radius 3 is 2.67 bits per heavy atom.